The summed E-state index contributed by atoms with van der Waals surface area (Å²) < 4.78 is 31.9. The molecule has 0 aromatic rings. The summed E-state index contributed by atoms with van der Waals surface area (Å²) >= 11 is 0. The van der Waals surface area contributed by atoms with Crippen LogP contribution in [0.25, 0.3) is 0 Å². The highest BCUT2D eigenvalue weighted by Crippen LogP contribution is 2.89. The molecule has 3 saturated heterocycles. The maximum Gasteiger partial charge on any atom is 0.186 e. The highest BCUT2D eigenvalue weighted by molar-refractivity contribution is 5.33. The van der Waals surface area contributed by atoms with Crippen molar-refractivity contribution in [3.8, 4) is 0 Å². The van der Waals surface area contributed by atoms with Gasteiger partial charge in [-0.2, -0.15) is 0 Å². The monoisotopic (exact) mass is 784 g/mol. The second-order valence-electron chi connectivity index (χ2n) is 21.1. The predicted octanol–water partition coefficient (Wildman–Crippen LogP) is 0.724. The fourth-order valence-electron chi connectivity index (χ4n) is 14.9. The molecule has 14 nitrogen and oxygen atoms in total. The number of hydrogen-bond acceptors (Lipinski definition) is 14. The number of rotatable bonds is 7. The van der Waals surface area contributed by atoms with Gasteiger partial charge in [0.05, 0.1) is 48.8 Å². The fourth-order valence-corrected chi connectivity index (χ4v) is 14.9. The Balaban J connectivity index is 1.15. The summed E-state index contributed by atoms with van der Waals surface area (Å²) in [5.74, 6) is -0.215. The standard InChI is InChI=1S/C41H68O14/c1-35(2)24(54-33-29(48)26(45)20(44)17-51-33)9-11-41-18-40(41)13-12-37(5)31(39(7)10-8-25(55-39)36(3,4)50)19(43)15-38(37,6)23(40)14-21(32(35)41)52-34-30(49)28(47)27(46)22(16-42)53-34/h19-34,42-50H,8-18H2,1-7H3/t19-,20+,21-,22+,23-,24-,25-,26-,27+,28-,29+,30-,31-,32-,33-,34+,37+,38-,39+,40-,41+/m0/s1. The predicted molar refractivity (Wildman–Crippen MR) is 194 cm³/mol. The topological polar surface area (TPSA) is 228 Å². The van der Waals surface area contributed by atoms with Gasteiger partial charge in [0.2, 0.25) is 0 Å². The van der Waals surface area contributed by atoms with E-state index in [4.69, 9.17) is 23.7 Å². The molecule has 0 bridgehead atoms. The molecule has 8 aliphatic rings. The van der Waals surface area contributed by atoms with Gasteiger partial charge in [0.25, 0.3) is 0 Å². The zero-order valence-corrected chi connectivity index (χ0v) is 33.6. The molecule has 55 heavy (non-hydrogen) atoms. The van der Waals surface area contributed by atoms with Crippen LogP contribution in [-0.2, 0) is 23.7 Å². The third-order valence-electron chi connectivity index (χ3n) is 17.6. The van der Waals surface area contributed by atoms with E-state index in [0.717, 1.165) is 32.1 Å². The third-order valence-corrected chi connectivity index (χ3v) is 17.6. The lowest BCUT2D eigenvalue weighted by Gasteiger charge is -2.65. The minimum Gasteiger partial charge on any atom is -0.394 e. The van der Waals surface area contributed by atoms with Gasteiger partial charge in [-0.3, -0.25) is 0 Å². The second-order valence-corrected chi connectivity index (χ2v) is 21.1. The molecule has 5 saturated carbocycles. The molecule has 5 aliphatic carbocycles. The number of fused-ring (bicyclic) bond motifs is 2. The van der Waals surface area contributed by atoms with Crippen molar-refractivity contribution in [1.29, 1.82) is 0 Å². The van der Waals surface area contributed by atoms with E-state index < -0.39 is 96.8 Å². The minimum absolute atomic E-state index is 0.0633. The molecule has 9 N–H and O–H groups in total. The summed E-state index contributed by atoms with van der Waals surface area (Å²) in [7, 11) is 0. The number of hydrogen-bond donors (Lipinski definition) is 9. The Labute approximate surface area is 324 Å². The number of aliphatic hydroxyl groups excluding tert-OH is 8. The van der Waals surface area contributed by atoms with Gasteiger partial charge < -0.3 is 69.6 Å². The van der Waals surface area contributed by atoms with Gasteiger partial charge in [0.15, 0.2) is 12.6 Å². The summed E-state index contributed by atoms with van der Waals surface area (Å²) in [6.45, 7) is 13.8. The molecule has 8 rings (SSSR count). The van der Waals surface area contributed by atoms with Gasteiger partial charge in [0.1, 0.15) is 42.7 Å². The summed E-state index contributed by atoms with van der Waals surface area (Å²) in [5.41, 5.74) is -3.16. The Kier molecular flexibility index (Phi) is 9.90. The maximum absolute atomic E-state index is 12.2. The molecule has 0 radical (unpaired) electrons. The van der Waals surface area contributed by atoms with Crippen molar-refractivity contribution in [2.75, 3.05) is 13.2 Å². The molecule has 0 aromatic heterocycles. The van der Waals surface area contributed by atoms with E-state index in [1.54, 1.807) is 13.8 Å². The van der Waals surface area contributed by atoms with E-state index >= 15 is 0 Å². The zero-order valence-electron chi connectivity index (χ0n) is 33.6. The molecule has 8 fully saturated rings. The largest absolute Gasteiger partial charge is 0.394 e. The second kappa shape index (κ2) is 13.2. The van der Waals surface area contributed by atoms with E-state index in [1.807, 2.05) is 0 Å². The molecule has 3 heterocycles. The lowest BCUT2D eigenvalue weighted by molar-refractivity contribution is -0.339. The van der Waals surface area contributed by atoms with Crippen molar-refractivity contribution in [2.24, 2.45) is 44.8 Å². The molecule has 2 spiro atoms. The van der Waals surface area contributed by atoms with Crippen molar-refractivity contribution in [3.63, 3.8) is 0 Å². The highest BCUT2D eigenvalue weighted by Gasteiger charge is 2.85. The van der Waals surface area contributed by atoms with Gasteiger partial charge in [-0.15, -0.1) is 0 Å². The Morgan fingerprint density at radius 2 is 1.40 bits per heavy atom. The van der Waals surface area contributed by atoms with E-state index in [0.29, 0.717) is 25.7 Å². The minimum atomic E-state index is -1.60. The molecule has 21 atom stereocenters. The quantitative estimate of drug-likeness (QED) is 0.162. The van der Waals surface area contributed by atoms with Gasteiger partial charge >= 0.3 is 0 Å². The summed E-state index contributed by atoms with van der Waals surface area (Å²) in [6.07, 6.45) is -7.48. The van der Waals surface area contributed by atoms with Crippen LogP contribution in [0.5, 0.6) is 0 Å². The molecule has 0 aromatic carbocycles. The molecular formula is C41H68O14. The van der Waals surface area contributed by atoms with Crippen LogP contribution in [0.4, 0.5) is 0 Å². The average molecular weight is 785 g/mol. The Morgan fingerprint density at radius 3 is 2.05 bits per heavy atom. The molecule has 316 valence electrons. The fraction of sp³-hybridized carbons (Fsp3) is 1.00. The van der Waals surface area contributed by atoms with Crippen LogP contribution < -0.4 is 0 Å². The Morgan fingerprint density at radius 1 is 0.709 bits per heavy atom. The van der Waals surface area contributed by atoms with Gasteiger partial charge in [-0.25, -0.2) is 0 Å². The Hall–Kier alpha value is -0.560. The summed E-state index contributed by atoms with van der Waals surface area (Å²) in [6, 6.07) is 0. The SMILES string of the molecule is CC(C)(O)[C@@H]1CC[C@](C)([C@H]2[C@@H](O)C[C@@]3(C)[C@@H]4C[C@H](O[C@@H]5O[C@H](CO)[C@@H](O)[C@H](O)[C@@H]5O)[C@H]5C(C)(C)[C@@H](O[C@@H]6OC[C@@H](O)[C@H](O)[C@H]6O)CC[C@@]56C[C@@]46CC[C@]23C)O1. The third kappa shape index (κ3) is 5.70. The van der Waals surface area contributed by atoms with Gasteiger partial charge in [0, 0.05) is 5.92 Å². The van der Waals surface area contributed by atoms with E-state index in [2.05, 4.69) is 34.6 Å². The van der Waals surface area contributed by atoms with Gasteiger partial charge in [-0.05, 0) is 117 Å². The maximum atomic E-state index is 12.2. The first-order chi connectivity index (χ1) is 25.5. The molecular weight excluding hydrogens is 716 g/mol. The zero-order chi connectivity index (χ0) is 40.1. The smallest absolute Gasteiger partial charge is 0.186 e. The van der Waals surface area contributed by atoms with Crippen molar-refractivity contribution in [1.82, 2.24) is 0 Å². The number of aliphatic hydroxyl groups is 9. The van der Waals surface area contributed by atoms with E-state index in [9.17, 15) is 46.0 Å². The van der Waals surface area contributed by atoms with Crippen LogP contribution in [0.15, 0.2) is 0 Å². The highest BCUT2D eigenvalue weighted by atomic mass is 16.7. The van der Waals surface area contributed by atoms with Crippen LogP contribution in [-0.4, -0.2) is 150 Å². The molecule has 0 amide bonds. The van der Waals surface area contributed by atoms with Crippen molar-refractivity contribution >= 4 is 0 Å². The Bertz CT molecular complexity index is 1460. The summed E-state index contributed by atoms with van der Waals surface area (Å²) in [4.78, 5) is 0. The van der Waals surface area contributed by atoms with Crippen LogP contribution >= 0.6 is 0 Å². The lowest BCUT2D eigenvalue weighted by atomic mass is 9.41. The van der Waals surface area contributed by atoms with Crippen LogP contribution in [0.1, 0.15) is 106 Å². The lowest BCUT2D eigenvalue weighted by Crippen LogP contribution is -2.65. The normalized spacial score (nSPS) is 58.7. The first kappa shape index (κ1) is 41.2. The average Bonchev–Trinajstić information content (AvgIpc) is 3.47. The number of ether oxygens (including phenoxy) is 5. The molecule has 14 heteroatoms. The first-order valence-corrected chi connectivity index (χ1v) is 20.9. The van der Waals surface area contributed by atoms with Crippen molar-refractivity contribution < 1.29 is 69.6 Å². The van der Waals surface area contributed by atoms with Crippen molar-refractivity contribution in [2.45, 2.75) is 197 Å². The first-order valence-electron chi connectivity index (χ1n) is 20.9. The van der Waals surface area contributed by atoms with E-state index in [1.165, 1.54) is 0 Å². The molecule has 3 aliphatic heterocycles. The molecule has 0 unspecified atom stereocenters. The van der Waals surface area contributed by atoms with Crippen LogP contribution in [0.3, 0.4) is 0 Å². The summed E-state index contributed by atoms with van der Waals surface area (Å²) in [5, 5.41) is 97.2. The van der Waals surface area contributed by atoms with Crippen LogP contribution in [0, 0.1) is 44.8 Å². The van der Waals surface area contributed by atoms with Gasteiger partial charge in [-0.1, -0.05) is 27.7 Å². The van der Waals surface area contributed by atoms with Crippen LogP contribution in [0.2, 0.25) is 0 Å². The van der Waals surface area contributed by atoms with E-state index in [-0.39, 0.29) is 52.1 Å². The van der Waals surface area contributed by atoms with Crippen molar-refractivity contribution in [3.05, 3.63) is 0 Å².